The third-order valence-electron chi connectivity index (χ3n) is 3.80. The smallest absolute Gasteiger partial charge is 0.0681 e. The lowest BCUT2D eigenvalue weighted by Gasteiger charge is -2.25. The quantitative estimate of drug-likeness (QED) is 0.759. The van der Waals surface area contributed by atoms with Crippen LogP contribution in [0.4, 0.5) is 11.4 Å². The summed E-state index contributed by atoms with van der Waals surface area (Å²) in [6.45, 7) is 3.13. The summed E-state index contributed by atoms with van der Waals surface area (Å²) in [5, 5.41) is 11.7. The molecule has 0 aromatic heterocycles. The zero-order valence-electron chi connectivity index (χ0n) is 12.2. The minimum absolute atomic E-state index is 0.0840. The number of aliphatic hydroxyl groups is 1. The van der Waals surface area contributed by atoms with Gasteiger partial charge in [-0.2, -0.15) is 0 Å². The average molecular weight is 277 g/mol. The number of hydrogen-bond acceptors (Lipinski definition) is 2. The summed E-state index contributed by atoms with van der Waals surface area (Å²) in [6.07, 6.45) is 0. The molecule has 1 N–H and O–H groups in total. The maximum Gasteiger partial charge on any atom is 0.0681 e. The predicted octanol–water partition coefficient (Wildman–Crippen LogP) is 4.49. The van der Waals surface area contributed by atoms with E-state index in [4.69, 9.17) is 5.11 Å². The molecule has 0 unspecified atom stereocenters. The van der Waals surface area contributed by atoms with E-state index in [2.05, 4.69) is 66.4 Å². The standard InChI is InChI=1S/C19H19NO/c1-2-20(17-12-10-15(14-21)11-13-17)19-9-5-7-16-6-3-4-8-18(16)19/h3-13,21H,2,14H2,1H3. The highest BCUT2D eigenvalue weighted by atomic mass is 16.3. The Hall–Kier alpha value is -2.32. The monoisotopic (exact) mass is 277 g/mol. The van der Waals surface area contributed by atoms with Crippen LogP contribution >= 0.6 is 0 Å². The van der Waals surface area contributed by atoms with Gasteiger partial charge >= 0.3 is 0 Å². The van der Waals surface area contributed by atoms with Crippen molar-refractivity contribution in [1.29, 1.82) is 0 Å². The third-order valence-corrected chi connectivity index (χ3v) is 3.80. The molecule has 106 valence electrons. The maximum atomic E-state index is 9.17. The van der Waals surface area contributed by atoms with E-state index in [0.29, 0.717) is 0 Å². The molecular weight excluding hydrogens is 258 g/mol. The molecule has 0 bridgehead atoms. The van der Waals surface area contributed by atoms with Gasteiger partial charge in [0.2, 0.25) is 0 Å². The molecule has 0 aliphatic carbocycles. The highest BCUT2D eigenvalue weighted by Crippen LogP contribution is 2.32. The number of hydrogen-bond donors (Lipinski definition) is 1. The van der Waals surface area contributed by atoms with Crippen molar-refractivity contribution in [2.75, 3.05) is 11.4 Å². The van der Waals surface area contributed by atoms with Crippen LogP contribution in [0.1, 0.15) is 12.5 Å². The summed E-state index contributed by atoms with van der Waals surface area (Å²) < 4.78 is 0. The Morgan fingerprint density at radius 2 is 1.57 bits per heavy atom. The first-order valence-electron chi connectivity index (χ1n) is 7.28. The Bertz CT molecular complexity index is 729. The minimum Gasteiger partial charge on any atom is -0.392 e. The molecule has 0 radical (unpaired) electrons. The first-order chi connectivity index (χ1) is 10.3. The molecule has 0 atom stereocenters. The first-order valence-corrected chi connectivity index (χ1v) is 7.28. The van der Waals surface area contributed by atoms with Crippen LogP contribution in [0.25, 0.3) is 10.8 Å². The highest BCUT2D eigenvalue weighted by molar-refractivity contribution is 5.96. The molecule has 0 aliphatic heterocycles. The van der Waals surface area contributed by atoms with E-state index in [9.17, 15) is 0 Å². The molecule has 3 aromatic rings. The largest absolute Gasteiger partial charge is 0.392 e. The molecular formula is C19H19NO. The van der Waals surface area contributed by atoms with E-state index in [0.717, 1.165) is 17.8 Å². The molecule has 0 amide bonds. The van der Waals surface area contributed by atoms with Crippen molar-refractivity contribution in [3.05, 3.63) is 72.3 Å². The third kappa shape index (κ3) is 2.63. The maximum absolute atomic E-state index is 9.17. The number of benzene rings is 3. The molecule has 3 rings (SSSR count). The van der Waals surface area contributed by atoms with Gasteiger partial charge in [-0.05, 0) is 36.1 Å². The first kappa shape index (κ1) is 13.7. The second-order valence-electron chi connectivity index (χ2n) is 5.07. The molecule has 0 saturated carbocycles. The fraction of sp³-hybridized carbons (Fsp3) is 0.158. The van der Waals surface area contributed by atoms with Crippen LogP contribution in [0, 0.1) is 0 Å². The summed E-state index contributed by atoms with van der Waals surface area (Å²) >= 11 is 0. The van der Waals surface area contributed by atoms with Crippen molar-refractivity contribution in [3.63, 3.8) is 0 Å². The number of fused-ring (bicyclic) bond motifs is 1. The van der Waals surface area contributed by atoms with Crippen molar-refractivity contribution in [2.45, 2.75) is 13.5 Å². The Morgan fingerprint density at radius 3 is 2.29 bits per heavy atom. The lowest BCUT2D eigenvalue weighted by Crippen LogP contribution is -2.16. The summed E-state index contributed by atoms with van der Waals surface area (Å²) in [5.74, 6) is 0. The average Bonchev–Trinajstić information content (AvgIpc) is 2.56. The van der Waals surface area contributed by atoms with Gasteiger partial charge in [0.1, 0.15) is 0 Å². The van der Waals surface area contributed by atoms with Crippen molar-refractivity contribution < 1.29 is 5.11 Å². The van der Waals surface area contributed by atoms with Gasteiger partial charge in [-0.3, -0.25) is 0 Å². The van der Waals surface area contributed by atoms with Crippen LogP contribution in [0.15, 0.2) is 66.7 Å². The molecule has 0 spiro atoms. The van der Waals surface area contributed by atoms with Crippen LogP contribution in [-0.2, 0) is 6.61 Å². The van der Waals surface area contributed by atoms with Gasteiger partial charge in [-0.15, -0.1) is 0 Å². The van der Waals surface area contributed by atoms with Crippen LogP contribution < -0.4 is 4.90 Å². The Balaban J connectivity index is 2.09. The minimum atomic E-state index is 0.0840. The SMILES string of the molecule is CCN(c1ccc(CO)cc1)c1cccc2ccccc12. The summed E-state index contributed by atoms with van der Waals surface area (Å²) in [5.41, 5.74) is 3.30. The van der Waals surface area contributed by atoms with E-state index in [1.54, 1.807) is 0 Å². The van der Waals surface area contributed by atoms with Crippen molar-refractivity contribution in [3.8, 4) is 0 Å². The highest BCUT2D eigenvalue weighted by Gasteiger charge is 2.10. The van der Waals surface area contributed by atoms with E-state index in [1.807, 2.05) is 12.1 Å². The van der Waals surface area contributed by atoms with Crippen LogP contribution in [0.3, 0.4) is 0 Å². The Labute approximate surface area is 125 Å². The fourth-order valence-corrected chi connectivity index (χ4v) is 2.72. The molecule has 2 heteroatoms. The molecule has 3 aromatic carbocycles. The van der Waals surface area contributed by atoms with Crippen molar-refractivity contribution >= 4 is 22.1 Å². The Kier molecular flexibility index (Phi) is 3.89. The van der Waals surface area contributed by atoms with Gasteiger partial charge in [-0.1, -0.05) is 48.5 Å². The zero-order valence-corrected chi connectivity index (χ0v) is 12.2. The molecule has 0 fully saturated rings. The number of rotatable bonds is 4. The summed E-state index contributed by atoms with van der Waals surface area (Å²) in [7, 11) is 0. The predicted molar refractivity (Wildman–Crippen MR) is 89.0 cm³/mol. The molecule has 0 saturated heterocycles. The molecule has 2 nitrogen and oxygen atoms in total. The van der Waals surface area contributed by atoms with Gasteiger partial charge in [-0.25, -0.2) is 0 Å². The van der Waals surface area contributed by atoms with Gasteiger partial charge in [0, 0.05) is 23.3 Å². The normalized spacial score (nSPS) is 10.8. The summed E-state index contributed by atoms with van der Waals surface area (Å²) in [6, 6.07) is 22.9. The van der Waals surface area contributed by atoms with Gasteiger partial charge < -0.3 is 10.0 Å². The van der Waals surface area contributed by atoms with Crippen LogP contribution in [-0.4, -0.2) is 11.7 Å². The van der Waals surface area contributed by atoms with Crippen molar-refractivity contribution in [1.82, 2.24) is 0 Å². The van der Waals surface area contributed by atoms with E-state index >= 15 is 0 Å². The Morgan fingerprint density at radius 1 is 0.857 bits per heavy atom. The van der Waals surface area contributed by atoms with E-state index in [-0.39, 0.29) is 6.61 Å². The number of anilines is 2. The number of nitrogens with zero attached hydrogens (tertiary/aromatic N) is 1. The van der Waals surface area contributed by atoms with Gasteiger partial charge in [0.05, 0.1) is 6.61 Å². The second-order valence-corrected chi connectivity index (χ2v) is 5.07. The van der Waals surface area contributed by atoms with Crippen molar-refractivity contribution in [2.24, 2.45) is 0 Å². The van der Waals surface area contributed by atoms with Gasteiger partial charge in [0.15, 0.2) is 0 Å². The molecule has 0 aliphatic rings. The number of aliphatic hydroxyl groups excluding tert-OH is 1. The fourth-order valence-electron chi connectivity index (χ4n) is 2.72. The van der Waals surface area contributed by atoms with E-state index in [1.165, 1.54) is 16.5 Å². The van der Waals surface area contributed by atoms with Gasteiger partial charge in [0.25, 0.3) is 0 Å². The van der Waals surface area contributed by atoms with Crippen LogP contribution in [0.5, 0.6) is 0 Å². The second kappa shape index (κ2) is 5.98. The van der Waals surface area contributed by atoms with E-state index < -0.39 is 0 Å². The molecule has 0 heterocycles. The topological polar surface area (TPSA) is 23.5 Å². The zero-order chi connectivity index (χ0) is 14.7. The lowest BCUT2D eigenvalue weighted by molar-refractivity contribution is 0.282. The van der Waals surface area contributed by atoms with Crippen LogP contribution in [0.2, 0.25) is 0 Å². The molecule has 21 heavy (non-hydrogen) atoms. The summed E-state index contributed by atoms with van der Waals surface area (Å²) in [4.78, 5) is 2.30. The lowest BCUT2D eigenvalue weighted by atomic mass is 10.1.